The van der Waals surface area contributed by atoms with Gasteiger partial charge in [-0.3, -0.25) is 4.90 Å². The second-order valence-electron chi connectivity index (χ2n) is 7.31. The highest BCUT2D eigenvalue weighted by molar-refractivity contribution is 7.89. The van der Waals surface area contributed by atoms with Crippen LogP contribution in [0.2, 0.25) is 0 Å². The average molecular weight is 387 g/mol. The standard InChI is InChI=1S/C21H26N2O3S/c1-26-20-11-5-7-17(15-20)12-14-27(24,25)23-16-19-10-6-13-22(19)21(23)18-8-3-2-4-9-18/h2-5,7-9,11,15,19,21H,6,10,12-14,16H2,1H3. The summed E-state index contributed by atoms with van der Waals surface area (Å²) < 4.78 is 33.5. The molecule has 2 aromatic carbocycles. The van der Waals surface area contributed by atoms with E-state index in [4.69, 9.17) is 4.74 Å². The van der Waals surface area contributed by atoms with Crippen molar-refractivity contribution >= 4 is 10.0 Å². The van der Waals surface area contributed by atoms with Crippen molar-refractivity contribution < 1.29 is 13.2 Å². The third kappa shape index (κ3) is 3.74. The Morgan fingerprint density at radius 1 is 1.11 bits per heavy atom. The Morgan fingerprint density at radius 3 is 2.70 bits per heavy atom. The fraction of sp³-hybridized carbons (Fsp3) is 0.429. The van der Waals surface area contributed by atoms with Crippen LogP contribution in [0.3, 0.4) is 0 Å². The van der Waals surface area contributed by atoms with E-state index >= 15 is 0 Å². The summed E-state index contributed by atoms with van der Waals surface area (Å²) in [6.45, 7) is 1.56. The van der Waals surface area contributed by atoms with Gasteiger partial charge in [-0.1, -0.05) is 42.5 Å². The molecule has 5 nitrogen and oxygen atoms in total. The fourth-order valence-electron chi connectivity index (χ4n) is 4.29. The Kier molecular flexibility index (Phi) is 5.21. The van der Waals surface area contributed by atoms with Crippen LogP contribution in [-0.4, -0.2) is 49.6 Å². The minimum absolute atomic E-state index is 0.115. The van der Waals surface area contributed by atoms with E-state index in [1.54, 1.807) is 11.4 Å². The molecule has 4 rings (SSSR count). The zero-order chi connectivity index (χ0) is 18.9. The van der Waals surface area contributed by atoms with E-state index < -0.39 is 10.0 Å². The number of methoxy groups -OCH3 is 1. The molecule has 2 fully saturated rings. The first kappa shape index (κ1) is 18.5. The molecule has 2 unspecified atom stereocenters. The molecule has 27 heavy (non-hydrogen) atoms. The summed E-state index contributed by atoms with van der Waals surface area (Å²) in [5, 5.41) is 0. The van der Waals surface area contributed by atoms with E-state index in [1.165, 1.54) is 0 Å². The Morgan fingerprint density at radius 2 is 1.93 bits per heavy atom. The molecule has 0 N–H and O–H groups in total. The smallest absolute Gasteiger partial charge is 0.216 e. The summed E-state index contributed by atoms with van der Waals surface area (Å²) in [5.74, 6) is 0.873. The van der Waals surface area contributed by atoms with Gasteiger partial charge < -0.3 is 4.74 Å². The molecule has 2 saturated heterocycles. The molecule has 0 amide bonds. The van der Waals surface area contributed by atoms with Crippen LogP contribution < -0.4 is 4.74 Å². The van der Waals surface area contributed by atoms with E-state index in [1.807, 2.05) is 54.6 Å². The first-order valence-electron chi connectivity index (χ1n) is 9.51. The SMILES string of the molecule is COc1cccc(CCS(=O)(=O)N2CC3CCCN3C2c2ccccc2)c1. The molecular weight excluding hydrogens is 360 g/mol. The molecule has 2 aliphatic rings. The summed E-state index contributed by atoms with van der Waals surface area (Å²) in [5.41, 5.74) is 2.04. The van der Waals surface area contributed by atoms with Gasteiger partial charge in [0, 0.05) is 19.1 Å². The van der Waals surface area contributed by atoms with Crippen molar-refractivity contribution in [3.63, 3.8) is 0 Å². The third-order valence-electron chi connectivity index (χ3n) is 5.64. The molecule has 6 heteroatoms. The normalized spacial score (nSPS) is 23.4. The predicted molar refractivity (Wildman–Crippen MR) is 106 cm³/mol. The van der Waals surface area contributed by atoms with Gasteiger partial charge in [-0.05, 0) is 42.5 Å². The summed E-state index contributed by atoms with van der Waals surface area (Å²) in [6, 6.07) is 18.0. The molecule has 0 aromatic heterocycles. The van der Waals surface area contributed by atoms with Gasteiger partial charge in [-0.15, -0.1) is 0 Å². The number of sulfonamides is 1. The zero-order valence-corrected chi connectivity index (χ0v) is 16.4. The highest BCUT2D eigenvalue weighted by Crippen LogP contribution is 2.40. The monoisotopic (exact) mass is 386 g/mol. The van der Waals surface area contributed by atoms with Crippen molar-refractivity contribution in [2.24, 2.45) is 0 Å². The van der Waals surface area contributed by atoms with Crippen LogP contribution >= 0.6 is 0 Å². The molecule has 2 aliphatic heterocycles. The van der Waals surface area contributed by atoms with Crippen LogP contribution in [-0.2, 0) is 16.4 Å². The lowest BCUT2D eigenvalue weighted by Gasteiger charge is -2.29. The number of hydrogen-bond acceptors (Lipinski definition) is 4. The second-order valence-corrected chi connectivity index (χ2v) is 9.35. The summed E-state index contributed by atoms with van der Waals surface area (Å²) in [4.78, 5) is 2.36. The molecule has 0 saturated carbocycles. The first-order chi connectivity index (χ1) is 13.1. The van der Waals surface area contributed by atoms with Gasteiger partial charge in [0.05, 0.1) is 12.9 Å². The van der Waals surface area contributed by atoms with Gasteiger partial charge in [-0.2, -0.15) is 4.31 Å². The quantitative estimate of drug-likeness (QED) is 0.766. The maximum Gasteiger partial charge on any atom is 0.216 e. The van der Waals surface area contributed by atoms with Gasteiger partial charge in [0.1, 0.15) is 11.9 Å². The number of aryl methyl sites for hydroxylation is 1. The Bertz CT molecular complexity index is 885. The van der Waals surface area contributed by atoms with Crippen LogP contribution in [0.4, 0.5) is 0 Å². The van der Waals surface area contributed by atoms with Gasteiger partial charge >= 0.3 is 0 Å². The van der Waals surface area contributed by atoms with Gasteiger partial charge in [0.2, 0.25) is 10.0 Å². The lowest BCUT2D eigenvalue weighted by Crippen LogP contribution is -2.37. The number of hydrogen-bond donors (Lipinski definition) is 0. The van der Waals surface area contributed by atoms with Crippen molar-refractivity contribution in [3.05, 3.63) is 65.7 Å². The van der Waals surface area contributed by atoms with E-state index in [-0.39, 0.29) is 11.9 Å². The van der Waals surface area contributed by atoms with Gasteiger partial charge in [0.25, 0.3) is 0 Å². The van der Waals surface area contributed by atoms with E-state index in [2.05, 4.69) is 4.90 Å². The number of fused-ring (bicyclic) bond motifs is 1. The summed E-state index contributed by atoms with van der Waals surface area (Å²) in [7, 11) is -1.74. The van der Waals surface area contributed by atoms with Crippen LogP contribution in [0, 0.1) is 0 Å². The minimum atomic E-state index is -3.37. The summed E-state index contributed by atoms with van der Waals surface area (Å²) in [6.07, 6.45) is 2.54. The van der Waals surface area contributed by atoms with E-state index in [0.29, 0.717) is 19.0 Å². The maximum atomic E-state index is 13.2. The number of nitrogens with zero attached hydrogens (tertiary/aromatic N) is 2. The molecule has 2 atom stereocenters. The van der Waals surface area contributed by atoms with E-state index in [0.717, 1.165) is 36.3 Å². The summed E-state index contributed by atoms with van der Waals surface area (Å²) >= 11 is 0. The Hall–Kier alpha value is -1.89. The molecule has 0 spiro atoms. The van der Waals surface area contributed by atoms with Crippen molar-refractivity contribution in [2.45, 2.75) is 31.5 Å². The first-order valence-corrected chi connectivity index (χ1v) is 11.1. The Balaban J connectivity index is 1.56. The van der Waals surface area contributed by atoms with Crippen LogP contribution in [0.25, 0.3) is 0 Å². The van der Waals surface area contributed by atoms with Gasteiger partial charge in [0.15, 0.2) is 0 Å². The molecule has 0 radical (unpaired) electrons. The highest BCUT2D eigenvalue weighted by Gasteiger charge is 2.47. The second kappa shape index (κ2) is 7.62. The average Bonchev–Trinajstić information content (AvgIpc) is 3.29. The molecule has 144 valence electrons. The lowest BCUT2D eigenvalue weighted by atomic mass is 10.1. The number of benzene rings is 2. The predicted octanol–water partition coefficient (Wildman–Crippen LogP) is 3.05. The van der Waals surface area contributed by atoms with Crippen molar-refractivity contribution in [2.75, 3.05) is 26.0 Å². The number of ether oxygens (including phenoxy) is 1. The van der Waals surface area contributed by atoms with Crippen LogP contribution in [0.5, 0.6) is 5.75 Å². The molecule has 0 bridgehead atoms. The maximum absolute atomic E-state index is 13.2. The lowest BCUT2D eigenvalue weighted by molar-refractivity contribution is 0.198. The highest BCUT2D eigenvalue weighted by atomic mass is 32.2. The topological polar surface area (TPSA) is 49.9 Å². The van der Waals surface area contributed by atoms with Crippen LogP contribution in [0.1, 0.15) is 30.1 Å². The Labute approximate surface area is 161 Å². The van der Waals surface area contributed by atoms with Crippen molar-refractivity contribution in [1.29, 1.82) is 0 Å². The van der Waals surface area contributed by atoms with Crippen molar-refractivity contribution in [3.8, 4) is 5.75 Å². The van der Waals surface area contributed by atoms with Crippen molar-refractivity contribution in [1.82, 2.24) is 9.21 Å². The fourth-order valence-corrected chi connectivity index (χ4v) is 5.96. The van der Waals surface area contributed by atoms with E-state index in [9.17, 15) is 8.42 Å². The molecule has 2 heterocycles. The molecule has 0 aliphatic carbocycles. The molecular formula is C21H26N2O3S. The zero-order valence-electron chi connectivity index (χ0n) is 15.6. The van der Waals surface area contributed by atoms with Gasteiger partial charge in [-0.25, -0.2) is 8.42 Å². The number of rotatable bonds is 6. The van der Waals surface area contributed by atoms with Crippen LogP contribution in [0.15, 0.2) is 54.6 Å². The molecule has 2 aromatic rings. The third-order valence-corrected chi connectivity index (χ3v) is 7.42. The largest absolute Gasteiger partial charge is 0.497 e. The minimum Gasteiger partial charge on any atom is -0.497 e.